The summed E-state index contributed by atoms with van der Waals surface area (Å²) in [5.41, 5.74) is 0.914. The number of sulfonamides is 1. The molecule has 2 aromatic rings. The average molecular weight is 348 g/mol. The Hall–Kier alpha value is -2.13. The van der Waals surface area contributed by atoms with Gasteiger partial charge in [-0.15, -0.1) is 0 Å². The first-order chi connectivity index (χ1) is 11.5. The third-order valence-electron chi connectivity index (χ3n) is 4.06. The Morgan fingerprint density at radius 1 is 1.08 bits per heavy atom. The standard InChI is InChI=1S/C15H20N6O2S/c1-24(22,23)21-6-2-12(3-7-21)8-13-9-19-15(11-18-13)20-14-10-16-4-5-17-14/h4-5,9-12H,2-3,6-8H2,1H3,(H,17,19,20). The van der Waals surface area contributed by atoms with Crippen LogP contribution in [-0.2, 0) is 16.4 Å². The molecule has 0 aliphatic carbocycles. The molecule has 0 amide bonds. The van der Waals surface area contributed by atoms with Gasteiger partial charge in [0.25, 0.3) is 0 Å². The van der Waals surface area contributed by atoms with Crippen LogP contribution in [-0.4, -0.2) is 52.0 Å². The number of nitrogens with zero attached hydrogens (tertiary/aromatic N) is 5. The predicted octanol–water partition coefficient (Wildman–Crippen LogP) is 1.22. The SMILES string of the molecule is CS(=O)(=O)N1CCC(Cc2cnc(Nc3cnccn3)cn2)CC1. The van der Waals surface area contributed by atoms with Crippen molar-refractivity contribution >= 4 is 21.7 Å². The van der Waals surface area contributed by atoms with Crippen molar-refractivity contribution in [2.24, 2.45) is 5.92 Å². The van der Waals surface area contributed by atoms with E-state index >= 15 is 0 Å². The quantitative estimate of drug-likeness (QED) is 0.867. The molecule has 1 N–H and O–H groups in total. The average Bonchev–Trinajstić information content (AvgIpc) is 2.57. The highest BCUT2D eigenvalue weighted by atomic mass is 32.2. The summed E-state index contributed by atoms with van der Waals surface area (Å²) in [6, 6.07) is 0. The molecule has 3 heterocycles. The van der Waals surface area contributed by atoms with Gasteiger partial charge in [0.1, 0.15) is 11.6 Å². The summed E-state index contributed by atoms with van der Waals surface area (Å²) in [7, 11) is -3.07. The van der Waals surface area contributed by atoms with Crippen molar-refractivity contribution in [1.29, 1.82) is 0 Å². The van der Waals surface area contributed by atoms with Gasteiger partial charge in [0.2, 0.25) is 10.0 Å². The zero-order valence-electron chi connectivity index (χ0n) is 13.5. The number of hydrogen-bond donors (Lipinski definition) is 1. The maximum atomic E-state index is 11.5. The number of nitrogens with one attached hydrogen (secondary N) is 1. The lowest BCUT2D eigenvalue weighted by Crippen LogP contribution is -2.38. The first-order valence-electron chi connectivity index (χ1n) is 7.80. The van der Waals surface area contributed by atoms with Gasteiger partial charge in [0.15, 0.2) is 0 Å². The van der Waals surface area contributed by atoms with E-state index in [1.807, 2.05) is 0 Å². The van der Waals surface area contributed by atoms with Gasteiger partial charge >= 0.3 is 0 Å². The second kappa shape index (κ2) is 7.18. The molecule has 1 saturated heterocycles. The lowest BCUT2D eigenvalue weighted by Gasteiger charge is -2.29. The lowest BCUT2D eigenvalue weighted by atomic mass is 9.93. The molecular formula is C15H20N6O2S. The molecule has 1 fully saturated rings. The predicted molar refractivity (Wildman–Crippen MR) is 90.2 cm³/mol. The number of anilines is 2. The number of aromatic nitrogens is 4. The van der Waals surface area contributed by atoms with Gasteiger partial charge in [-0.2, -0.15) is 0 Å². The minimum absolute atomic E-state index is 0.441. The van der Waals surface area contributed by atoms with Gasteiger partial charge in [0.05, 0.1) is 30.5 Å². The summed E-state index contributed by atoms with van der Waals surface area (Å²) in [6.45, 7) is 1.17. The second-order valence-electron chi connectivity index (χ2n) is 5.92. The Morgan fingerprint density at radius 3 is 2.42 bits per heavy atom. The molecule has 0 atom stereocenters. The van der Waals surface area contributed by atoms with E-state index in [0.717, 1.165) is 25.0 Å². The Morgan fingerprint density at radius 2 is 1.83 bits per heavy atom. The zero-order valence-corrected chi connectivity index (χ0v) is 14.3. The summed E-state index contributed by atoms with van der Waals surface area (Å²) in [5.74, 6) is 1.68. The van der Waals surface area contributed by atoms with Crippen LogP contribution in [0.4, 0.5) is 11.6 Å². The van der Waals surface area contributed by atoms with Gasteiger partial charge in [-0.25, -0.2) is 22.7 Å². The highest BCUT2D eigenvalue weighted by molar-refractivity contribution is 7.88. The van der Waals surface area contributed by atoms with Crippen LogP contribution < -0.4 is 5.32 Å². The van der Waals surface area contributed by atoms with Gasteiger partial charge in [-0.1, -0.05) is 0 Å². The molecule has 1 aliphatic rings. The molecule has 3 rings (SSSR count). The molecule has 0 spiro atoms. The van der Waals surface area contributed by atoms with Crippen LogP contribution in [0.15, 0.2) is 31.0 Å². The summed E-state index contributed by atoms with van der Waals surface area (Å²) >= 11 is 0. The smallest absolute Gasteiger partial charge is 0.211 e. The van der Waals surface area contributed by atoms with Crippen molar-refractivity contribution < 1.29 is 8.42 Å². The highest BCUT2D eigenvalue weighted by Crippen LogP contribution is 2.22. The fourth-order valence-electron chi connectivity index (χ4n) is 2.76. The molecule has 0 aromatic carbocycles. The molecule has 8 nitrogen and oxygen atoms in total. The molecule has 9 heteroatoms. The molecule has 128 valence electrons. The number of rotatable bonds is 5. The zero-order chi connectivity index (χ0) is 17.0. The van der Waals surface area contributed by atoms with Crippen LogP contribution in [0.25, 0.3) is 0 Å². The minimum Gasteiger partial charge on any atom is -0.322 e. The molecule has 0 radical (unpaired) electrons. The van der Waals surface area contributed by atoms with Crippen molar-refractivity contribution in [3.63, 3.8) is 0 Å². The topological polar surface area (TPSA) is 101 Å². The summed E-state index contributed by atoms with van der Waals surface area (Å²) in [6.07, 6.45) is 12.0. The molecule has 2 aromatic heterocycles. The van der Waals surface area contributed by atoms with E-state index in [9.17, 15) is 8.42 Å². The highest BCUT2D eigenvalue weighted by Gasteiger charge is 2.25. The molecular weight excluding hydrogens is 328 g/mol. The molecule has 0 saturated carbocycles. The van der Waals surface area contributed by atoms with Crippen LogP contribution in [0.1, 0.15) is 18.5 Å². The minimum atomic E-state index is -3.07. The normalized spacial score (nSPS) is 16.9. The van der Waals surface area contributed by atoms with Crippen LogP contribution >= 0.6 is 0 Å². The third kappa shape index (κ3) is 4.45. The molecule has 0 bridgehead atoms. The largest absolute Gasteiger partial charge is 0.322 e. The number of hydrogen-bond acceptors (Lipinski definition) is 7. The van der Waals surface area contributed by atoms with Crippen molar-refractivity contribution in [1.82, 2.24) is 24.2 Å². The Kier molecular flexibility index (Phi) is 5.00. The van der Waals surface area contributed by atoms with E-state index < -0.39 is 10.0 Å². The summed E-state index contributed by atoms with van der Waals surface area (Å²) in [4.78, 5) is 16.9. The molecule has 0 unspecified atom stereocenters. The van der Waals surface area contributed by atoms with Crippen molar-refractivity contribution in [3.05, 3.63) is 36.7 Å². The molecule has 1 aliphatic heterocycles. The Balaban J connectivity index is 1.54. The number of piperidine rings is 1. The maximum Gasteiger partial charge on any atom is 0.211 e. The van der Waals surface area contributed by atoms with Gasteiger partial charge < -0.3 is 5.32 Å². The molecule has 24 heavy (non-hydrogen) atoms. The van der Waals surface area contributed by atoms with Crippen molar-refractivity contribution in [3.8, 4) is 0 Å². The van der Waals surface area contributed by atoms with E-state index in [2.05, 4.69) is 25.3 Å². The van der Waals surface area contributed by atoms with E-state index in [1.165, 1.54) is 6.26 Å². The van der Waals surface area contributed by atoms with E-state index in [4.69, 9.17) is 0 Å². The van der Waals surface area contributed by atoms with Crippen LogP contribution in [0.5, 0.6) is 0 Å². The monoisotopic (exact) mass is 348 g/mol. The van der Waals surface area contributed by atoms with Crippen LogP contribution in [0.2, 0.25) is 0 Å². The Labute approximate surface area is 141 Å². The van der Waals surface area contributed by atoms with Crippen molar-refractivity contribution in [2.75, 3.05) is 24.7 Å². The van der Waals surface area contributed by atoms with Crippen molar-refractivity contribution in [2.45, 2.75) is 19.3 Å². The van der Waals surface area contributed by atoms with E-state index in [-0.39, 0.29) is 0 Å². The summed E-state index contributed by atoms with van der Waals surface area (Å²) < 4.78 is 24.6. The van der Waals surface area contributed by atoms with Gasteiger partial charge in [-0.3, -0.25) is 9.97 Å². The van der Waals surface area contributed by atoms with E-state index in [0.29, 0.717) is 30.6 Å². The second-order valence-corrected chi connectivity index (χ2v) is 7.90. The first-order valence-corrected chi connectivity index (χ1v) is 9.64. The fourth-order valence-corrected chi connectivity index (χ4v) is 3.63. The Bertz CT molecular complexity index is 758. The van der Waals surface area contributed by atoms with Gasteiger partial charge in [-0.05, 0) is 25.2 Å². The first kappa shape index (κ1) is 16.7. The van der Waals surface area contributed by atoms with Crippen LogP contribution in [0.3, 0.4) is 0 Å². The van der Waals surface area contributed by atoms with Crippen LogP contribution in [0, 0.1) is 5.92 Å². The van der Waals surface area contributed by atoms with E-state index in [1.54, 1.807) is 35.3 Å². The lowest BCUT2D eigenvalue weighted by molar-refractivity contribution is 0.273. The fraction of sp³-hybridized carbons (Fsp3) is 0.467. The third-order valence-corrected chi connectivity index (χ3v) is 5.37. The van der Waals surface area contributed by atoms with Gasteiger partial charge in [0, 0.05) is 25.5 Å². The summed E-state index contributed by atoms with van der Waals surface area (Å²) in [5, 5.41) is 3.04. The maximum absolute atomic E-state index is 11.5.